The second-order valence-electron chi connectivity index (χ2n) is 7.82. The molecule has 0 bridgehead atoms. The average molecular weight is 466 g/mol. The van der Waals surface area contributed by atoms with Gasteiger partial charge in [-0.3, -0.25) is 9.59 Å². The Morgan fingerprint density at radius 2 is 1.91 bits per heavy atom. The first-order valence-corrected chi connectivity index (χ1v) is 11.3. The smallest absolute Gasteiger partial charge is 0.339 e. The Balaban J connectivity index is 1.39. The van der Waals surface area contributed by atoms with E-state index in [-0.39, 0.29) is 18.4 Å². The lowest BCUT2D eigenvalue weighted by molar-refractivity contribution is -0.127. The zero-order valence-corrected chi connectivity index (χ0v) is 18.8. The van der Waals surface area contributed by atoms with Crippen molar-refractivity contribution in [3.8, 4) is 11.3 Å². The Labute approximate surface area is 196 Å². The van der Waals surface area contributed by atoms with Gasteiger partial charge in [0.25, 0.3) is 5.91 Å². The number of pyridine rings is 1. The summed E-state index contributed by atoms with van der Waals surface area (Å²) in [4.78, 5) is 43.0. The molecule has 2 amide bonds. The highest BCUT2D eigenvalue weighted by atomic mass is 35.5. The van der Waals surface area contributed by atoms with Gasteiger partial charge in [-0.15, -0.1) is 0 Å². The number of para-hydroxylation sites is 1. The summed E-state index contributed by atoms with van der Waals surface area (Å²) in [6.07, 6.45) is 2.15. The van der Waals surface area contributed by atoms with Crippen molar-refractivity contribution in [2.75, 3.05) is 26.2 Å². The van der Waals surface area contributed by atoms with Crippen LogP contribution < -0.4 is 5.32 Å². The van der Waals surface area contributed by atoms with Crippen LogP contribution in [0.3, 0.4) is 0 Å². The molecule has 0 atom stereocenters. The molecule has 4 rings (SSSR count). The van der Waals surface area contributed by atoms with Crippen LogP contribution >= 0.6 is 11.6 Å². The fourth-order valence-electron chi connectivity index (χ4n) is 3.85. The molecule has 2 heterocycles. The van der Waals surface area contributed by atoms with Crippen molar-refractivity contribution in [2.24, 2.45) is 0 Å². The van der Waals surface area contributed by atoms with Crippen LogP contribution in [0.2, 0.25) is 5.02 Å². The minimum atomic E-state index is -0.611. The summed E-state index contributed by atoms with van der Waals surface area (Å²) < 4.78 is 5.29. The highest BCUT2D eigenvalue weighted by Gasteiger charge is 2.20. The summed E-state index contributed by atoms with van der Waals surface area (Å²) >= 11 is 6.32. The standard InChI is InChI=1S/C25H24ClN3O4/c26-20-9-3-1-8-18(20)22-15-19(17-7-2-4-10-21(17)28-22)25(32)33-16-23(30)27-12-6-14-29-13-5-11-24(29)31/h1-4,7-10,15H,5-6,11-14,16H2,(H,27,30). The molecule has 0 unspecified atom stereocenters. The zero-order chi connectivity index (χ0) is 23.2. The van der Waals surface area contributed by atoms with E-state index in [9.17, 15) is 14.4 Å². The van der Waals surface area contributed by atoms with E-state index < -0.39 is 5.97 Å². The zero-order valence-electron chi connectivity index (χ0n) is 18.1. The Morgan fingerprint density at radius 1 is 1.12 bits per heavy atom. The number of likely N-dealkylation sites (tertiary alicyclic amines) is 1. The lowest BCUT2D eigenvalue weighted by Gasteiger charge is -2.15. The first-order valence-electron chi connectivity index (χ1n) is 10.9. The molecule has 0 spiro atoms. The monoisotopic (exact) mass is 465 g/mol. The van der Waals surface area contributed by atoms with Gasteiger partial charge >= 0.3 is 5.97 Å². The Morgan fingerprint density at radius 3 is 2.70 bits per heavy atom. The second kappa shape index (κ2) is 10.4. The molecular weight excluding hydrogens is 442 g/mol. The number of rotatable bonds is 8. The van der Waals surface area contributed by atoms with Crippen LogP contribution in [0.1, 0.15) is 29.6 Å². The van der Waals surface area contributed by atoms with Gasteiger partial charge in [0.15, 0.2) is 6.61 Å². The van der Waals surface area contributed by atoms with Crippen molar-refractivity contribution >= 4 is 40.3 Å². The fraction of sp³-hybridized carbons (Fsp3) is 0.280. The maximum Gasteiger partial charge on any atom is 0.339 e. The summed E-state index contributed by atoms with van der Waals surface area (Å²) in [5.41, 5.74) is 2.19. The van der Waals surface area contributed by atoms with Gasteiger partial charge in [0.1, 0.15) is 0 Å². The third-order valence-corrected chi connectivity index (χ3v) is 5.85. The van der Waals surface area contributed by atoms with Crippen molar-refractivity contribution in [1.82, 2.24) is 15.2 Å². The van der Waals surface area contributed by atoms with E-state index in [1.807, 2.05) is 36.4 Å². The number of halogens is 1. The third kappa shape index (κ3) is 5.49. The molecule has 1 aromatic heterocycles. The van der Waals surface area contributed by atoms with E-state index in [0.29, 0.717) is 58.7 Å². The summed E-state index contributed by atoms with van der Waals surface area (Å²) in [5.74, 6) is -0.837. The van der Waals surface area contributed by atoms with E-state index in [0.717, 1.165) is 13.0 Å². The van der Waals surface area contributed by atoms with Gasteiger partial charge in [0.05, 0.1) is 16.8 Å². The van der Waals surface area contributed by atoms with Crippen LogP contribution in [0.25, 0.3) is 22.2 Å². The van der Waals surface area contributed by atoms with Gasteiger partial charge in [0.2, 0.25) is 5.91 Å². The molecule has 1 saturated heterocycles. The van der Waals surface area contributed by atoms with E-state index in [2.05, 4.69) is 10.3 Å². The molecule has 1 fully saturated rings. The number of hydrogen-bond acceptors (Lipinski definition) is 5. The van der Waals surface area contributed by atoms with E-state index in [1.54, 1.807) is 23.1 Å². The van der Waals surface area contributed by atoms with Gasteiger partial charge in [0, 0.05) is 42.0 Å². The van der Waals surface area contributed by atoms with Gasteiger partial charge in [-0.05, 0) is 31.0 Å². The van der Waals surface area contributed by atoms with Crippen LogP contribution in [0.15, 0.2) is 54.6 Å². The maximum atomic E-state index is 12.9. The molecule has 3 aromatic rings. The van der Waals surface area contributed by atoms with Crippen LogP contribution in [-0.4, -0.2) is 53.9 Å². The molecule has 0 radical (unpaired) electrons. The summed E-state index contributed by atoms with van der Waals surface area (Å²) in [7, 11) is 0. The molecular formula is C25H24ClN3O4. The molecule has 1 N–H and O–H groups in total. The molecule has 2 aromatic carbocycles. The SMILES string of the molecule is O=C(COC(=O)c1cc(-c2ccccc2Cl)nc2ccccc12)NCCCN1CCCC1=O. The maximum absolute atomic E-state index is 12.9. The van der Waals surface area contributed by atoms with Crippen molar-refractivity contribution in [1.29, 1.82) is 0 Å². The number of nitrogens with zero attached hydrogens (tertiary/aromatic N) is 2. The van der Waals surface area contributed by atoms with Crippen LogP contribution in [0.5, 0.6) is 0 Å². The molecule has 8 heteroatoms. The molecule has 7 nitrogen and oxygen atoms in total. The Kier molecular flexibility index (Phi) is 7.19. The second-order valence-corrected chi connectivity index (χ2v) is 8.22. The average Bonchev–Trinajstić information content (AvgIpc) is 3.24. The van der Waals surface area contributed by atoms with Crippen molar-refractivity contribution in [3.63, 3.8) is 0 Å². The van der Waals surface area contributed by atoms with Gasteiger partial charge in [-0.2, -0.15) is 0 Å². The largest absolute Gasteiger partial charge is 0.452 e. The molecule has 0 saturated carbocycles. The molecule has 170 valence electrons. The van der Waals surface area contributed by atoms with Crippen molar-refractivity contribution < 1.29 is 19.1 Å². The molecule has 1 aliphatic rings. The third-order valence-electron chi connectivity index (χ3n) is 5.52. The molecule has 1 aliphatic heterocycles. The summed E-state index contributed by atoms with van der Waals surface area (Å²) in [6.45, 7) is 1.42. The number of amides is 2. The van der Waals surface area contributed by atoms with Gasteiger partial charge in [-0.25, -0.2) is 9.78 Å². The van der Waals surface area contributed by atoms with Gasteiger partial charge in [-0.1, -0.05) is 48.0 Å². The number of hydrogen-bond donors (Lipinski definition) is 1. The number of fused-ring (bicyclic) bond motifs is 1. The predicted octanol–water partition coefficient (Wildman–Crippen LogP) is 3.84. The fourth-order valence-corrected chi connectivity index (χ4v) is 4.08. The quantitative estimate of drug-likeness (QED) is 0.403. The molecule has 33 heavy (non-hydrogen) atoms. The van der Waals surface area contributed by atoms with Crippen LogP contribution in [-0.2, 0) is 14.3 Å². The van der Waals surface area contributed by atoms with Crippen molar-refractivity contribution in [3.05, 3.63) is 65.2 Å². The van der Waals surface area contributed by atoms with Crippen LogP contribution in [0.4, 0.5) is 0 Å². The number of carbonyl (C=O) groups is 3. The Hall–Kier alpha value is -3.45. The topological polar surface area (TPSA) is 88.6 Å². The van der Waals surface area contributed by atoms with Gasteiger partial charge < -0.3 is 15.0 Å². The van der Waals surface area contributed by atoms with Crippen molar-refractivity contribution in [2.45, 2.75) is 19.3 Å². The number of carbonyl (C=O) groups excluding carboxylic acids is 3. The highest BCUT2D eigenvalue weighted by Crippen LogP contribution is 2.30. The molecule has 0 aliphatic carbocycles. The first-order chi connectivity index (χ1) is 16.0. The predicted molar refractivity (Wildman–Crippen MR) is 126 cm³/mol. The number of esters is 1. The first kappa shape index (κ1) is 22.7. The summed E-state index contributed by atoms with van der Waals surface area (Å²) in [5, 5.41) is 3.88. The number of benzene rings is 2. The Bertz CT molecular complexity index is 1200. The normalized spacial score (nSPS) is 13.4. The van der Waals surface area contributed by atoms with E-state index in [1.165, 1.54) is 0 Å². The minimum absolute atomic E-state index is 0.163. The summed E-state index contributed by atoms with van der Waals surface area (Å²) in [6, 6.07) is 16.1. The number of nitrogens with one attached hydrogen (secondary N) is 1. The number of ether oxygens (including phenoxy) is 1. The van der Waals surface area contributed by atoms with Crippen LogP contribution in [0, 0.1) is 0 Å². The minimum Gasteiger partial charge on any atom is -0.452 e. The lowest BCUT2D eigenvalue weighted by Crippen LogP contribution is -2.32. The number of aromatic nitrogens is 1. The lowest BCUT2D eigenvalue weighted by atomic mass is 10.0. The highest BCUT2D eigenvalue weighted by molar-refractivity contribution is 6.33. The van der Waals surface area contributed by atoms with E-state index in [4.69, 9.17) is 16.3 Å². The van der Waals surface area contributed by atoms with E-state index >= 15 is 0 Å².